The van der Waals surface area contributed by atoms with Gasteiger partial charge < -0.3 is 14.6 Å². The molecule has 2 atom stereocenters. The lowest BCUT2D eigenvalue weighted by Gasteiger charge is -2.07. The van der Waals surface area contributed by atoms with Crippen molar-refractivity contribution in [2.45, 2.75) is 18.6 Å². The molecule has 1 N–H and O–H groups in total. The van der Waals surface area contributed by atoms with Crippen molar-refractivity contribution in [3.63, 3.8) is 0 Å². The van der Waals surface area contributed by atoms with E-state index >= 15 is 0 Å². The van der Waals surface area contributed by atoms with Gasteiger partial charge in [-0.05, 0) is 24.6 Å². The summed E-state index contributed by atoms with van der Waals surface area (Å²) >= 11 is 0. The Labute approximate surface area is 87.4 Å². The largest absolute Gasteiger partial charge is 0.497 e. The molecule has 0 aliphatic carbocycles. The number of carboxylic acids is 1. The van der Waals surface area contributed by atoms with Crippen molar-refractivity contribution in [2.75, 3.05) is 7.11 Å². The molecule has 0 aromatic heterocycles. The average Bonchev–Trinajstić information content (AvgIpc) is 2.93. The summed E-state index contributed by atoms with van der Waals surface area (Å²) in [5.41, 5.74) is 0.120. The summed E-state index contributed by atoms with van der Waals surface area (Å²) in [6.07, 6.45) is -0.746. The standard InChI is InChI=1S/C11H12O4/c1-11(9(15-11)10(12)13)7-4-3-5-8(6-7)14-2/h3-6,9H,1-2H3,(H,12,13). The summed E-state index contributed by atoms with van der Waals surface area (Å²) in [6.45, 7) is 1.76. The van der Waals surface area contributed by atoms with Gasteiger partial charge in [0.05, 0.1) is 7.11 Å². The molecule has 1 heterocycles. The minimum atomic E-state index is -0.930. The zero-order valence-corrected chi connectivity index (χ0v) is 8.56. The van der Waals surface area contributed by atoms with Crippen LogP contribution in [0.25, 0.3) is 0 Å². The van der Waals surface area contributed by atoms with Crippen LogP contribution in [0, 0.1) is 0 Å². The lowest BCUT2D eigenvalue weighted by atomic mass is 9.97. The first-order chi connectivity index (χ1) is 7.08. The van der Waals surface area contributed by atoms with Gasteiger partial charge in [-0.2, -0.15) is 0 Å². The fraction of sp³-hybridized carbons (Fsp3) is 0.364. The number of benzene rings is 1. The number of carbonyl (C=O) groups is 1. The molecule has 1 aliphatic heterocycles. The van der Waals surface area contributed by atoms with E-state index in [-0.39, 0.29) is 0 Å². The highest BCUT2D eigenvalue weighted by Gasteiger charge is 2.58. The molecule has 1 aliphatic rings. The first-order valence-electron chi connectivity index (χ1n) is 4.63. The van der Waals surface area contributed by atoms with Crippen LogP contribution in [0.5, 0.6) is 5.75 Å². The van der Waals surface area contributed by atoms with Crippen LogP contribution in [0.2, 0.25) is 0 Å². The molecule has 0 spiro atoms. The topological polar surface area (TPSA) is 59.1 Å². The normalized spacial score (nSPS) is 28.5. The van der Waals surface area contributed by atoms with Gasteiger partial charge in [0.1, 0.15) is 11.4 Å². The molecule has 4 heteroatoms. The molecular formula is C11H12O4. The highest BCUT2D eigenvalue weighted by Crippen LogP contribution is 2.46. The van der Waals surface area contributed by atoms with Crippen LogP contribution >= 0.6 is 0 Å². The number of ether oxygens (including phenoxy) is 2. The number of carboxylic acid groups (broad SMARTS) is 1. The van der Waals surface area contributed by atoms with E-state index < -0.39 is 17.7 Å². The highest BCUT2D eigenvalue weighted by atomic mass is 16.6. The van der Waals surface area contributed by atoms with E-state index in [0.717, 1.165) is 5.56 Å². The SMILES string of the molecule is COc1cccc(C2(C)OC2C(=O)O)c1. The second kappa shape index (κ2) is 3.24. The van der Waals surface area contributed by atoms with Crippen molar-refractivity contribution in [1.29, 1.82) is 0 Å². The van der Waals surface area contributed by atoms with E-state index in [2.05, 4.69) is 0 Å². The van der Waals surface area contributed by atoms with Gasteiger partial charge in [0.15, 0.2) is 6.10 Å². The van der Waals surface area contributed by atoms with Crippen molar-refractivity contribution in [3.05, 3.63) is 29.8 Å². The number of rotatable bonds is 3. The summed E-state index contributed by atoms with van der Waals surface area (Å²) in [5.74, 6) is -0.228. The maximum atomic E-state index is 10.7. The lowest BCUT2D eigenvalue weighted by Crippen LogP contribution is -2.15. The Kier molecular flexibility index (Phi) is 2.16. The maximum Gasteiger partial charge on any atom is 0.336 e. The predicted octanol–water partition coefficient (Wildman–Crippen LogP) is 1.39. The average molecular weight is 208 g/mol. The van der Waals surface area contributed by atoms with Crippen molar-refractivity contribution in [3.8, 4) is 5.75 Å². The van der Waals surface area contributed by atoms with Crippen LogP contribution in [-0.2, 0) is 15.1 Å². The Morgan fingerprint density at radius 1 is 1.60 bits per heavy atom. The molecule has 1 aromatic carbocycles. The molecule has 4 nitrogen and oxygen atoms in total. The number of methoxy groups -OCH3 is 1. The number of hydrogen-bond acceptors (Lipinski definition) is 3. The van der Waals surface area contributed by atoms with Crippen LogP contribution < -0.4 is 4.74 Å². The number of epoxide rings is 1. The molecule has 2 unspecified atom stereocenters. The van der Waals surface area contributed by atoms with E-state index in [4.69, 9.17) is 14.6 Å². The van der Waals surface area contributed by atoms with Gasteiger partial charge in [0.2, 0.25) is 0 Å². The summed E-state index contributed by atoms with van der Waals surface area (Å²) in [6, 6.07) is 7.26. The second-order valence-electron chi connectivity index (χ2n) is 3.68. The first-order valence-corrected chi connectivity index (χ1v) is 4.63. The molecule has 0 bridgehead atoms. The van der Waals surface area contributed by atoms with Crippen molar-refractivity contribution in [1.82, 2.24) is 0 Å². The van der Waals surface area contributed by atoms with Crippen molar-refractivity contribution >= 4 is 5.97 Å². The first kappa shape index (κ1) is 9.98. The van der Waals surface area contributed by atoms with E-state index in [1.165, 1.54) is 0 Å². The molecule has 15 heavy (non-hydrogen) atoms. The lowest BCUT2D eigenvalue weighted by molar-refractivity contribution is -0.138. The maximum absolute atomic E-state index is 10.7. The molecule has 1 fully saturated rings. The minimum absolute atomic E-state index is 0.702. The second-order valence-corrected chi connectivity index (χ2v) is 3.68. The Hall–Kier alpha value is -1.55. The van der Waals surface area contributed by atoms with Crippen LogP contribution in [0.3, 0.4) is 0 Å². The van der Waals surface area contributed by atoms with Crippen LogP contribution in [0.4, 0.5) is 0 Å². The van der Waals surface area contributed by atoms with Gasteiger partial charge in [0.25, 0.3) is 0 Å². The molecule has 0 amide bonds. The molecule has 1 aromatic rings. The van der Waals surface area contributed by atoms with E-state index in [0.29, 0.717) is 5.75 Å². The summed E-state index contributed by atoms with van der Waals surface area (Å²) in [7, 11) is 1.57. The highest BCUT2D eigenvalue weighted by molar-refractivity contribution is 5.77. The zero-order chi connectivity index (χ0) is 11.1. The molecular weight excluding hydrogens is 196 g/mol. The Balaban J connectivity index is 2.27. The number of aliphatic carboxylic acids is 1. The summed E-state index contributed by atoms with van der Waals surface area (Å²) in [4.78, 5) is 10.7. The monoisotopic (exact) mass is 208 g/mol. The summed E-state index contributed by atoms with van der Waals surface area (Å²) < 4.78 is 10.3. The van der Waals surface area contributed by atoms with Gasteiger partial charge in [-0.1, -0.05) is 12.1 Å². The van der Waals surface area contributed by atoms with Gasteiger partial charge in [0, 0.05) is 0 Å². The Morgan fingerprint density at radius 2 is 2.33 bits per heavy atom. The van der Waals surface area contributed by atoms with Crippen LogP contribution in [-0.4, -0.2) is 24.3 Å². The predicted molar refractivity (Wildman–Crippen MR) is 52.9 cm³/mol. The van der Waals surface area contributed by atoms with Crippen molar-refractivity contribution in [2.24, 2.45) is 0 Å². The van der Waals surface area contributed by atoms with E-state index in [1.807, 2.05) is 18.2 Å². The summed E-state index contributed by atoms with van der Waals surface area (Å²) in [5, 5.41) is 8.82. The smallest absolute Gasteiger partial charge is 0.336 e. The van der Waals surface area contributed by atoms with E-state index in [9.17, 15) is 4.79 Å². The fourth-order valence-corrected chi connectivity index (χ4v) is 1.65. The minimum Gasteiger partial charge on any atom is -0.497 e. The van der Waals surface area contributed by atoms with Crippen LogP contribution in [0.15, 0.2) is 24.3 Å². The van der Waals surface area contributed by atoms with Gasteiger partial charge in [-0.3, -0.25) is 0 Å². The van der Waals surface area contributed by atoms with Crippen LogP contribution in [0.1, 0.15) is 12.5 Å². The Morgan fingerprint density at radius 3 is 2.87 bits per heavy atom. The molecule has 1 saturated heterocycles. The zero-order valence-electron chi connectivity index (χ0n) is 8.56. The van der Waals surface area contributed by atoms with Gasteiger partial charge >= 0.3 is 5.97 Å². The third-order valence-corrected chi connectivity index (χ3v) is 2.67. The molecule has 80 valence electrons. The van der Waals surface area contributed by atoms with Crippen molar-refractivity contribution < 1.29 is 19.4 Å². The molecule has 0 saturated carbocycles. The quantitative estimate of drug-likeness (QED) is 0.762. The third-order valence-electron chi connectivity index (χ3n) is 2.67. The molecule has 0 radical (unpaired) electrons. The molecule has 2 rings (SSSR count). The van der Waals surface area contributed by atoms with Gasteiger partial charge in [-0.15, -0.1) is 0 Å². The Bertz CT molecular complexity index is 401. The number of hydrogen-bond donors (Lipinski definition) is 1. The third kappa shape index (κ3) is 1.57. The van der Waals surface area contributed by atoms with Gasteiger partial charge in [-0.25, -0.2) is 4.79 Å². The fourth-order valence-electron chi connectivity index (χ4n) is 1.65. The van der Waals surface area contributed by atoms with E-state index in [1.54, 1.807) is 20.1 Å².